The molecule has 7 heteroatoms. The maximum absolute atomic E-state index is 12.7. The molecule has 0 aromatic heterocycles. The molecule has 1 aliphatic rings. The summed E-state index contributed by atoms with van der Waals surface area (Å²) in [6.07, 6.45) is 0. The Morgan fingerprint density at radius 1 is 1.07 bits per heavy atom. The smallest absolute Gasteiger partial charge is 0.310 e. The van der Waals surface area contributed by atoms with E-state index < -0.39 is 17.9 Å². The maximum Gasteiger partial charge on any atom is 0.310 e. The van der Waals surface area contributed by atoms with Gasteiger partial charge in [-0.2, -0.15) is 0 Å². The van der Waals surface area contributed by atoms with Gasteiger partial charge in [0, 0.05) is 28.9 Å². The van der Waals surface area contributed by atoms with Gasteiger partial charge >= 0.3 is 11.8 Å². The molecule has 1 aliphatic heterocycles. The number of benzene rings is 2. The van der Waals surface area contributed by atoms with Crippen molar-refractivity contribution in [2.24, 2.45) is 0 Å². The molecule has 0 saturated heterocycles. The van der Waals surface area contributed by atoms with Crippen molar-refractivity contribution < 1.29 is 14.4 Å². The lowest BCUT2D eigenvalue weighted by Gasteiger charge is -2.22. The molecular formula is C20H20ClN3O3. The second-order valence-electron chi connectivity index (χ2n) is 6.54. The molecule has 0 bridgehead atoms. The summed E-state index contributed by atoms with van der Waals surface area (Å²) in [4.78, 5) is 38.8. The molecule has 2 aromatic carbocycles. The van der Waals surface area contributed by atoms with E-state index in [2.05, 4.69) is 10.6 Å². The van der Waals surface area contributed by atoms with Crippen LogP contribution in [-0.2, 0) is 20.9 Å². The predicted molar refractivity (Wildman–Crippen MR) is 103 cm³/mol. The molecule has 6 nitrogen and oxygen atoms in total. The third-order valence-corrected chi connectivity index (χ3v) is 4.76. The highest BCUT2D eigenvalue weighted by Gasteiger charge is 2.39. The molecule has 0 saturated carbocycles. The summed E-state index contributed by atoms with van der Waals surface area (Å²) >= 11 is 6.04. The molecule has 0 aliphatic carbocycles. The highest BCUT2D eigenvalue weighted by Crippen LogP contribution is 2.36. The van der Waals surface area contributed by atoms with Crippen LogP contribution in [0.3, 0.4) is 0 Å². The molecular weight excluding hydrogens is 366 g/mol. The Bertz CT molecular complexity index is 898. The fourth-order valence-corrected chi connectivity index (χ4v) is 3.31. The molecule has 1 unspecified atom stereocenters. The van der Waals surface area contributed by atoms with Gasteiger partial charge in [0.05, 0.1) is 0 Å². The van der Waals surface area contributed by atoms with Gasteiger partial charge < -0.3 is 15.5 Å². The van der Waals surface area contributed by atoms with Crippen molar-refractivity contribution in [3.63, 3.8) is 0 Å². The first-order valence-electron chi connectivity index (χ1n) is 8.64. The van der Waals surface area contributed by atoms with Gasteiger partial charge in [-0.15, -0.1) is 0 Å². The number of nitrogens with zero attached hydrogens (tertiary/aromatic N) is 1. The molecule has 2 N–H and O–H groups in total. The first-order chi connectivity index (χ1) is 12.9. The van der Waals surface area contributed by atoms with Crippen LogP contribution in [0.4, 0.5) is 5.69 Å². The third-order valence-electron chi connectivity index (χ3n) is 4.39. The summed E-state index contributed by atoms with van der Waals surface area (Å²) in [5, 5.41) is 5.58. The Hall–Kier alpha value is -2.86. The largest absolute Gasteiger partial charge is 0.344 e. The van der Waals surface area contributed by atoms with Crippen molar-refractivity contribution in [2.45, 2.75) is 32.5 Å². The van der Waals surface area contributed by atoms with Gasteiger partial charge in [-0.25, -0.2) is 0 Å². The van der Waals surface area contributed by atoms with Crippen molar-refractivity contribution in [2.75, 3.05) is 4.90 Å². The number of fused-ring (bicyclic) bond motifs is 1. The second-order valence-corrected chi connectivity index (χ2v) is 6.95. The zero-order valence-corrected chi connectivity index (χ0v) is 15.8. The Kier molecular flexibility index (Phi) is 5.46. The number of hydrogen-bond donors (Lipinski definition) is 2. The van der Waals surface area contributed by atoms with E-state index in [1.165, 1.54) is 0 Å². The van der Waals surface area contributed by atoms with E-state index in [1.807, 2.05) is 26.0 Å². The van der Waals surface area contributed by atoms with Gasteiger partial charge in [0.15, 0.2) is 0 Å². The Labute approximate surface area is 162 Å². The van der Waals surface area contributed by atoms with Crippen LogP contribution in [0.2, 0.25) is 5.02 Å². The molecule has 0 fully saturated rings. The molecule has 27 heavy (non-hydrogen) atoms. The minimum Gasteiger partial charge on any atom is -0.344 e. The third kappa shape index (κ3) is 3.80. The highest BCUT2D eigenvalue weighted by atomic mass is 35.5. The Balaban J connectivity index is 1.69. The Morgan fingerprint density at radius 3 is 2.44 bits per heavy atom. The van der Waals surface area contributed by atoms with Gasteiger partial charge in [-0.1, -0.05) is 48.0 Å². The average Bonchev–Trinajstić information content (AvgIpc) is 2.92. The molecule has 140 valence electrons. The van der Waals surface area contributed by atoms with Crippen molar-refractivity contribution in [1.29, 1.82) is 0 Å². The van der Waals surface area contributed by atoms with Crippen molar-refractivity contribution in [3.8, 4) is 0 Å². The van der Waals surface area contributed by atoms with Crippen LogP contribution in [-0.4, -0.2) is 23.8 Å². The lowest BCUT2D eigenvalue weighted by atomic mass is 10.1. The minimum absolute atomic E-state index is 0.0606. The number of nitrogens with one attached hydrogen (secondary N) is 2. The number of hydrogen-bond acceptors (Lipinski definition) is 3. The number of anilines is 1. The van der Waals surface area contributed by atoms with Crippen molar-refractivity contribution in [1.82, 2.24) is 10.6 Å². The number of para-hydroxylation sites is 1. The van der Waals surface area contributed by atoms with Crippen LogP contribution in [0.15, 0.2) is 48.5 Å². The lowest BCUT2D eigenvalue weighted by molar-refractivity contribution is -0.140. The second kappa shape index (κ2) is 7.80. The number of rotatable bonds is 4. The maximum atomic E-state index is 12.7. The summed E-state index contributed by atoms with van der Waals surface area (Å²) in [5.41, 5.74) is 2.14. The minimum atomic E-state index is -0.873. The Morgan fingerprint density at radius 2 is 1.74 bits per heavy atom. The number of amides is 3. The van der Waals surface area contributed by atoms with Gasteiger partial charge in [0.2, 0.25) is 0 Å². The van der Waals surface area contributed by atoms with E-state index in [0.717, 1.165) is 5.69 Å². The van der Waals surface area contributed by atoms with Crippen LogP contribution in [0, 0.1) is 0 Å². The molecule has 2 aromatic rings. The highest BCUT2D eigenvalue weighted by molar-refractivity contribution is 6.36. The molecule has 3 rings (SSSR count). The summed E-state index contributed by atoms with van der Waals surface area (Å²) in [6, 6.07) is 13.4. The van der Waals surface area contributed by atoms with Crippen LogP contribution >= 0.6 is 11.6 Å². The zero-order chi connectivity index (χ0) is 19.6. The van der Waals surface area contributed by atoms with E-state index in [0.29, 0.717) is 16.1 Å². The number of carbonyl (C=O) groups is 3. The van der Waals surface area contributed by atoms with Gasteiger partial charge in [0.25, 0.3) is 5.91 Å². The lowest BCUT2D eigenvalue weighted by Crippen LogP contribution is -2.45. The molecule has 1 atom stereocenters. The van der Waals surface area contributed by atoms with E-state index >= 15 is 0 Å². The van der Waals surface area contributed by atoms with Crippen LogP contribution in [0.25, 0.3) is 0 Å². The number of halogens is 1. The van der Waals surface area contributed by atoms with E-state index in [9.17, 15) is 14.4 Å². The monoisotopic (exact) mass is 385 g/mol. The van der Waals surface area contributed by atoms with Crippen LogP contribution < -0.4 is 15.5 Å². The fourth-order valence-electron chi connectivity index (χ4n) is 3.11. The zero-order valence-electron chi connectivity index (χ0n) is 15.0. The summed E-state index contributed by atoms with van der Waals surface area (Å²) in [6.45, 7) is 3.92. The molecule has 0 radical (unpaired) electrons. The topological polar surface area (TPSA) is 78.5 Å². The van der Waals surface area contributed by atoms with Gasteiger partial charge in [-0.05, 0) is 31.5 Å². The predicted octanol–water partition coefficient (Wildman–Crippen LogP) is 2.57. The molecule has 3 amide bonds. The van der Waals surface area contributed by atoms with Gasteiger partial charge in [0.1, 0.15) is 6.04 Å². The molecule has 1 heterocycles. The molecule has 0 spiro atoms. The SMILES string of the molecule is CC(C)N1C(=O)C(NC(=O)C(=O)NCc2ccccc2Cl)c2ccccc21. The first kappa shape index (κ1) is 18.9. The standard InChI is InChI=1S/C20H20ClN3O3/c1-12(2)24-16-10-6-4-8-14(16)17(20(24)27)23-19(26)18(25)22-11-13-7-3-5-9-15(13)21/h3-10,12,17H,11H2,1-2H3,(H,22,25)(H,23,26). The van der Waals surface area contributed by atoms with E-state index in [1.54, 1.807) is 41.3 Å². The van der Waals surface area contributed by atoms with E-state index in [-0.39, 0.29) is 18.5 Å². The van der Waals surface area contributed by atoms with Crippen molar-refractivity contribution >= 4 is 35.0 Å². The first-order valence-corrected chi connectivity index (χ1v) is 9.02. The van der Waals surface area contributed by atoms with E-state index in [4.69, 9.17) is 11.6 Å². The summed E-state index contributed by atoms with van der Waals surface area (Å²) in [5.74, 6) is -1.93. The summed E-state index contributed by atoms with van der Waals surface area (Å²) < 4.78 is 0. The van der Waals surface area contributed by atoms with Crippen molar-refractivity contribution in [3.05, 3.63) is 64.7 Å². The van der Waals surface area contributed by atoms with Crippen LogP contribution in [0.1, 0.15) is 31.0 Å². The number of carbonyl (C=O) groups excluding carboxylic acids is 3. The normalized spacial score (nSPS) is 15.6. The fraction of sp³-hybridized carbons (Fsp3) is 0.250. The van der Waals surface area contributed by atoms with Gasteiger partial charge in [-0.3, -0.25) is 14.4 Å². The average molecular weight is 386 g/mol. The quantitative estimate of drug-likeness (QED) is 0.794. The van der Waals surface area contributed by atoms with Crippen LogP contribution in [0.5, 0.6) is 0 Å². The summed E-state index contributed by atoms with van der Waals surface area (Å²) in [7, 11) is 0.